The minimum absolute atomic E-state index is 0.170. The van der Waals surface area contributed by atoms with Crippen molar-refractivity contribution >= 4 is 5.71 Å². The lowest BCUT2D eigenvalue weighted by Gasteiger charge is -2.13. The van der Waals surface area contributed by atoms with E-state index in [1.165, 1.54) is 0 Å². The number of rotatable bonds is 3. The van der Waals surface area contributed by atoms with E-state index in [0.717, 1.165) is 5.71 Å². The first-order valence-electron chi connectivity index (χ1n) is 3.50. The van der Waals surface area contributed by atoms with Gasteiger partial charge in [-0.25, -0.2) is 0 Å². The van der Waals surface area contributed by atoms with E-state index < -0.39 is 0 Å². The molecule has 0 bridgehead atoms. The molecular formula is C8H16N2. The Bertz CT molecular complexity index is 136. The second-order valence-corrected chi connectivity index (χ2v) is 2.60. The molecule has 2 heteroatoms. The topological polar surface area (TPSA) is 38.4 Å². The molecule has 2 nitrogen and oxygen atoms in total. The first-order valence-corrected chi connectivity index (χ1v) is 3.50. The molecule has 0 aliphatic heterocycles. The molecule has 2 N–H and O–H groups in total. The number of aliphatic imine (C=N–C) groups is 1. The zero-order valence-electron chi connectivity index (χ0n) is 6.96. The second-order valence-electron chi connectivity index (χ2n) is 2.60. The quantitative estimate of drug-likeness (QED) is 0.594. The summed E-state index contributed by atoms with van der Waals surface area (Å²) < 4.78 is 0. The molecule has 0 fully saturated rings. The molecule has 0 radical (unpaired) electrons. The van der Waals surface area contributed by atoms with Crippen molar-refractivity contribution in [1.29, 1.82) is 0 Å². The molecule has 0 aromatic rings. The van der Waals surface area contributed by atoms with Gasteiger partial charge in [0.05, 0.1) is 0 Å². The summed E-state index contributed by atoms with van der Waals surface area (Å²) in [5.74, 6) is 0.345. The molecule has 0 amide bonds. The monoisotopic (exact) mass is 140 g/mol. The van der Waals surface area contributed by atoms with Crippen molar-refractivity contribution in [3.8, 4) is 0 Å². The van der Waals surface area contributed by atoms with E-state index in [9.17, 15) is 0 Å². The third kappa shape index (κ3) is 2.78. The number of hydrogen-bond donors (Lipinski definition) is 1. The summed E-state index contributed by atoms with van der Waals surface area (Å²) in [6.07, 6.45) is 1.55. The van der Waals surface area contributed by atoms with Crippen LogP contribution in [-0.2, 0) is 0 Å². The van der Waals surface area contributed by atoms with Crippen molar-refractivity contribution in [3.05, 3.63) is 12.8 Å². The van der Waals surface area contributed by atoms with Gasteiger partial charge in [0.2, 0.25) is 0 Å². The lowest BCUT2D eigenvalue weighted by atomic mass is 10.00. The minimum atomic E-state index is 0.170. The first-order chi connectivity index (χ1) is 4.59. The van der Waals surface area contributed by atoms with Crippen molar-refractivity contribution in [2.45, 2.75) is 26.8 Å². The van der Waals surface area contributed by atoms with Gasteiger partial charge in [-0.15, -0.1) is 0 Å². The SMILES string of the molecule is C=CN=C(C)C(C)C(C)N. The zero-order valence-corrected chi connectivity index (χ0v) is 6.96. The number of hydrogen-bond acceptors (Lipinski definition) is 2. The van der Waals surface area contributed by atoms with Crippen molar-refractivity contribution in [1.82, 2.24) is 0 Å². The molecule has 0 aliphatic rings. The molecule has 58 valence electrons. The van der Waals surface area contributed by atoms with Gasteiger partial charge in [0.25, 0.3) is 0 Å². The lowest BCUT2D eigenvalue weighted by molar-refractivity contribution is 0.611. The van der Waals surface area contributed by atoms with Crippen LogP contribution in [0.4, 0.5) is 0 Å². The van der Waals surface area contributed by atoms with Crippen molar-refractivity contribution in [2.24, 2.45) is 16.6 Å². The molecule has 0 spiro atoms. The second kappa shape index (κ2) is 4.23. The zero-order chi connectivity index (χ0) is 8.15. The lowest BCUT2D eigenvalue weighted by Crippen LogP contribution is -2.29. The highest BCUT2D eigenvalue weighted by Gasteiger charge is 2.09. The largest absolute Gasteiger partial charge is 0.327 e. The summed E-state index contributed by atoms with van der Waals surface area (Å²) in [6.45, 7) is 9.52. The van der Waals surface area contributed by atoms with Crippen LogP contribution >= 0.6 is 0 Å². The summed E-state index contributed by atoms with van der Waals surface area (Å²) in [5, 5.41) is 0. The van der Waals surface area contributed by atoms with Crippen LogP contribution in [0.2, 0.25) is 0 Å². The van der Waals surface area contributed by atoms with Crippen LogP contribution in [-0.4, -0.2) is 11.8 Å². The van der Waals surface area contributed by atoms with Gasteiger partial charge in [0, 0.05) is 23.9 Å². The van der Waals surface area contributed by atoms with Gasteiger partial charge in [0.15, 0.2) is 0 Å². The van der Waals surface area contributed by atoms with E-state index >= 15 is 0 Å². The van der Waals surface area contributed by atoms with Crippen LogP contribution in [0.15, 0.2) is 17.8 Å². The van der Waals surface area contributed by atoms with Crippen LogP contribution in [0.25, 0.3) is 0 Å². The van der Waals surface area contributed by atoms with Crippen LogP contribution in [0.1, 0.15) is 20.8 Å². The fourth-order valence-electron chi connectivity index (χ4n) is 0.642. The van der Waals surface area contributed by atoms with Crippen LogP contribution in [0.3, 0.4) is 0 Å². The maximum absolute atomic E-state index is 5.65. The summed E-state index contributed by atoms with van der Waals surface area (Å²) in [6, 6.07) is 0.170. The summed E-state index contributed by atoms with van der Waals surface area (Å²) in [4.78, 5) is 4.05. The van der Waals surface area contributed by atoms with Gasteiger partial charge in [0.1, 0.15) is 0 Å². The van der Waals surface area contributed by atoms with E-state index in [1.54, 1.807) is 6.20 Å². The fourth-order valence-corrected chi connectivity index (χ4v) is 0.642. The van der Waals surface area contributed by atoms with Crippen LogP contribution < -0.4 is 5.73 Å². The average Bonchev–Trinajstić information content (AvgIpc) is 1.87. The predicted molar refractivity (Wildman–Crippen MR) is 46.1 cm³/mol. The van der Waals surface area contributed by atoms with Crippen molar-refractivity contribution in [2.75, 3.05) is 0 Å². The van der Waals surface area contributed by atoms with Crippen molar-refractivity contribution < 1.29 is 0 Å². The molecule has 0 aliphatic carbocycles. The Morgan fingerprint density at radius 2 is 2.10 bits per heavy atom. The molecule has 2 unspecified atom stereocenters. The van der Waals surface area contributed by atoms with Gasteiger partial charge in [-0.3, -0.25) is 4.99 Å². The van der Waals surface area contributed by atoms with Gasteiger partial charge >= 0.3 is 0 Å². The van der Waals surface area contributed by atoms with Gasteiger partial charge in [-0.1, -0.05) is 13.5 Å². The Labute approximate surface area is 62.8 Å². The van der Waals surface area contributed by atoms with E-state index in [4.69, 9.17) is 5.73 Å². The molecule has 2 atom stereocenters. The third-order valence-corrected chi connectivity index (χ3v) is 1.74. The molecule has 0 saturated heterocycles. The maximum Gasteiger partial charge on any atom is 0.0195 e. The smallest absolute Gasteiger partial charge is 0.0195 e. The van der Waals surface area contributed by atoms with E-state index in [2.05, 4.69) is 18.5 Å². The Hall–Kier alpha value is -0.630. The molecular weight excluding hydrogens is 124 g/mol. The summed E-state index contributed by atoms with van der Waals surface area (Å²) >= 11 is 0. The predicted octanol–water partition coefficient (Wildman–Crippen LogP) is 1.57. The van der Waals surface area contributed by atoms with Crippen LogP contribution in [0, 0.1) is 5.92 Å². The van der Waals surface area contributed by atoms with Gasteiger partial charge < -0.3 is 5.73 Å². The highest BCUT2D eigenvalue weighted by atomic mass is 14.7. The Morgan fingerprint density at radius 3 is 2.40 bits per heavy atom. The highest BCUT2D eigenvalue weighted by molar-refractivity contribution is 5.85. The Balaban J connectivity index is 4.06. The number of nitrogens with zero attached hydrogens (tertiary/aromatic N) is 1. The van der Waals surface area contributed by atoms with Crippen molar-refractivity contribution in [3.63, 3.8) is 0 Å². The van der Waals surface area contributed by atoms with Crippen LogP contribution in [0.5, 0.6) is 0 Å². The summed E-state index contributed by atoms with van der Waals surface area (Å²) in [5.41, 5.74) is 6.70. The Morgan fingerprint density at radius 1 is 1.60 bits per heavy atom. The molecule has 0 aromatic heterocycles. The fraction of sp³-hybridized carbons (Fsp3) is 0.625. The third-order valence-electron chi connectivity index (χ3n) is 1.74. The molecule has 0 aromatic carbocycles. The number of nitrogens with two attached hydrogens (primary N) is 1. The normalized spacial score (nSPS) is 18.2. The highest BCUT2D eigenvalue weighted by Crippen LogP contribution is 2.02. The first kappa shape index (κ1) is 9.37. The molecule has 0 heterocycles. The Kier molecular flexibility index (Phi) is 3.96. The standard InChI is InChI=1S/C8H16N2/c1-5-10-8(4)6(2)7(3)9/h5-7H,1,9H2,2-4H3. The van der Waals surface area contributed by atoms with E-state index in [-0.39, 0.29) is 6.04 Å². The molecule has 10 heavy (non-hydrogen) atoms. The maximum atomic E-state index is 5.65. The van der Waals surface area contributed by atoms with Gasteiger partial charge in [-0.05, 0) is 13.8 Å². The minimum Gasteiger partial charge on any atom is -0.327 e. The van der Waals surface area contributed by atoms with Gasteiger partial charge in [-0.2, -0.15) is 0 Å². The summed E-state index contributed by atoms with van der Waals surface area (Å²) in [7, 11) is 0. The molecule has 0 rings (SSSR count). The average molecular weight is 140 g/mol. The van der Waals surface area contributed by atoms with E-state index in [1.807, 2.05) is 13.8 Å². The molecule has 0 saturated carbocycles. The van der Waals surface area contributed by atoms with E-state index in [0.29, 0.717) is 5.92 Å².